The Balaban J connectivity index is 1.52. The normalized spacial score (nSPS) is 18.7. The Hall–Kier alpha value is -4.18. The maximum absolute atomic E-state index is 15.8. The highest BCUT2D eigenvalue weighted by Crippen LogP contribution is 2.42. The fraction of sp³-hybridized carbons (Fsp3) is 0.200. The third-order valence-electron chi connectivity index (χ3n) is 7.37. The van der Waals surface area contributed by atoms with Crippen molar-refractivity contribution in [3.05, 3.63) is 104 Å². The van der Waals surface area contributed by atoms with Crippen LogP contribution in [0.4, 0.5) is 8.63 Å². The van der Waals surface area contributed by atoms with Gasteiger partial charge in [0.25, 0.3) is 0 Å². The first-order chi connectivity index (χ1) is 17.7. The molecule has 3 aromatic rings. The fourth-order valence-corrected chi connectivity index (χ4v) is 5.85. The second-order valence-electron chi connectivity index (χ2n) is 9.96. The van der Waals surface area contributed by atoms with Crippen molar-refractivity contribution in [1.29, 1.82) is 0 Å². The minimum absolute atomic E-state index is 0.361. The number of hydrogen-bond acceptors (Lipinski definition) is 2. The van der Waals surface area contributed by atoms with Gasteiger partial charge in [-0.1, -0.05) is 17.9 Å². The van der Waals surface area contributed by atoms with E-state index < -0.39 is 12.6 Å². The van der Waals surface area contributed by atoms with E-state index in [0.29, 0.717) is 39.5 Å². The average Bonchev–Trinajstić information content (AvgIpc) is 3.29. The maximum atomic E-state index is 15.8. The van der Waals surface area contributed by atoms with Gasteiger partial charge in [-0.3, -0.25) is 0 Å². The van der Waals surface area contributed by atoms with Crippen molar-refractivity contribution in [1.82, 2.24) is 4.48 Å². The average molecular weight is 494 g/mol. The van der Waals surface area contributed by atoms with Crippen LogP contribution < -0.4 is 5.63 Å². The molecule has 0 amide bonds. The third-order valence-corrected chi connectivity index (χ3v) is 7.37. The number of rotatable bonds is 2. The van der Waals surface area contributed by atoms with Crippen molar-refractivity contribution in [3.63, 3.8) is 0 Å². The summed E-state index contributed by atoms with van der Waals surface area (Å²) in [5, 5.41) is 0.804. The molecule has 0 atom stereocenters. The van der Waals surface area contributed by atoms with E-state index in [-0.39, 0.29) is 0 Å². The van der Waals surface area contributed by atoms with Gasteiger partial charge in [0, 0.05) is 35.2 Å². The van der Waals surface area contributed by atoms with Gasteiger partial charge < -0.3 is 22.0 Å². The van der Waals surface area contributed by atoms with Crippen LogP contribution in [0.25, 0.3) is 22.6 Å². The van der Waals surface area contributed by atoms with Gasteiger partial charge in [-0.25, -0.2) is 4.79 Å². The summed E-state index contributed by atoms with van der Waals surface area (Å²) in [6.45, 7) is 3.05. The van der Waals surface area contributed by atoms with Crippen molar-refractivity contribution in [2.45, 2.75) is 40.5 Å². The molecule has 1 aromatic carbocycles. The Morgan fingerprint density at radius 3 is 2.73 bits per heavy atom. The number of benzene rings is 1. The van der Waals surface area contributed by atoms with Crippen LogP contribution in [0.15, 0.2) is 69.1 Å². The monoisotopic (exact) mass is 494 g/mol. The second-order valence-corrected chi connectivity index (χ2v) is 9.96. The molecule has 4 heterocycles. The van der Waals surface area contributed by atoms with Crippen LogP contribution >= 0.6 is 0 Å². The first-order valence-electron chi connectivity index (χ1n) is 12.4. The number of allylic oxidation sites excluding steroid dienone is 6. The number of hydrogen-bond donors (Lipinski definition) is 0. The summed E-state index contributed by atoms with van der Waals surface area (Å²) >= 11 is 0. The number of halogens is 2. The van der Waals surface area contributed by atoms with Crippen molar-refractivity contribution >= 4 is 35.3 Å². The number of nitrogens with zero attached hydrogens (tertiary/aromatic N) is 2. The first kappa shape index (κ1) is 23.2. The van der Waals surface area contributed by atoms with Crippen molar-refractivity contribution in [2.24, 2.45) is 0 Å². The molecule has 1 aliphatic carbocycles. The largest absolute Gasteiger partial charge is 0.737 e. The predicted octanol–water partition coefficient (Wildman–Crippen LogP) is 6.16. The number of fused-ring (bicyclic) bond motifs is 4. The van der Waals surface area contributed by atoms with Crippen LogP contribution in [0.3, 0.4) is 0 Å². The molecule has 0 saturated carbocycles. The molecular formula is C30H25BF2N2O2. The van der Waals surface area contributed by atoms with Crippen molar-refractivity contribution < 1.29 is 17.5 Å². The molecule has 6 rings (SSSR count). The van der Waals surface area contributed by atoms with Crippen LogP contribution in [-0.2, 0) is 6.42 Å². The smallest absolute Gasteiger partial charge is 0.422 e. The Morgan fingerprint density at radius 1 is 1.11 bits per heavy atom. The SMILES string of the molecule is CC1=CC(C)=[N+]2C1=C(/C=C/c1cc3cc4c(cc3oc1=O)C#C/C=C\CC4)c1c(C)cc(C)n1[B-]2(F)F. The van der Waals surface area contributed by atoms with Crippen LogP contribution in [-0.4, -0.2) is 21.6 Å². The molecule has 0 spiro atoms. The molecule has 4 nitrogen and oxygen atoms in total. The van der Waals surface area contributed by atoms with Gasteiger partial charge in [-0.05, 0) is 92.9 Å². The molecular weight excluding hydrogens is 469 g/mol. The first-order valence-corrected chi connectivity index (χ1v) is 12.4. The maximum Gasteiger partial charge on any atom is 0.737 e. The van der Waals surface area contributed by atoms with Gasteiger partial charge in [-0.15, -0.1) is 0 Å². The highest BCUT2D eigenvalue weighted by molar-refractivity contribution is 6.58. The van der Waals surface area contributed by atoms with E-state index in [9.17, 15) is 4.79 Å². The van der Waals surface area contributed by atoms with E-state index in [4.69, 9.17) is 4.42 Å². The Bertz CT molecular complexity index is 1820. The van der Waals surface area contributed by atoms with Gasteiger partial charge in [0.2, 0.25) is 0 Å². The zero-order valence-corrected chi connectivity index (χ0v) is 21.2. The summed E-state index contributed by atoms with van der Waals surface area (Å²) in [6.07, 6.45) is 10.9. The summed E-state index contributed by atoms with van der Waals surface area (Å²) in [5.74, 6) is 6.12. The van der Waals surface area contributed by atoms with E-state index in [2.05, 4.69) is 11.8 Å². The quantitative estimate of drug-likeness (QED) is 0.243. The molecule has 184 valence electrons. The number of aryl methyl sites for hydroxylation is 3. The van der Waals surface area contributed by atoms with E-state index in [1.165, 1.54) is 0 Å². The lowest BCUT2D eigenvalue weighted by atomic mass is 9.86. The molecule has 0 unspecified atom stereocenters. The standard InChI is InChI=1S/C30H25BF2N2O2/c1-18-13-20(3)34-28(18)26(29-19(2)14-21(4)35(29)31(34,32)33)12-11-24-16-25-15-22-9-7-5-6-8-10-23(22)17-27(25)37-30(24)36/h5-6,11-17H,7,9H2,1-4H3/b6-5-,12-11+. The highest BCUT2D eigenvalue weighted by Gasteiger charge is 2.54. The fourth-order valence-electron chi connectivity index (χ4n) is 5.85. The minimum atomic E-state index is -4.04. The Morgan fingerprint density at radius 2 is 1.92 bits per heavy atom. The van der Waals surface area contributed by atoms with E-state index in [1.54, 1.807) is 44.2 Å². The Kier molecular flexibility index (Phi) is 5.13. The van der Waals surface area contributed by atoms with E-state index >= 15 is 8.63 Å². The molecule has 0 radical (unpaired) electrons. The van der Waals surface area contributed by atoms with Gasteiger partial charge in [0.15, 0.2) is 5.70 Å². The van der Waals surface area contributed by atoms with Gasteiger partial charge in [0.05, 0.1) is 11.1 Å². The molecule has 37 heavy (non-hydrogen) atoms. The van der Waals surface area contributed by atoms with Crippen molar-refractivity contribution in [2.75, 3.05) is 0 Å². The van der Waals surface area contributed by atoms with E-state index in [1.807, 2.05) is 38.1 Å². The molecule has 0 saturated heterocycles. The van der Waals surface area contributed by atoms with Gasteiger partial charge in [-0.2, -0.15) is 0 Å². The van der Waals surface area contributed by atoms with Crippen molar-refractivity contribution in [3.8, 4) is 11.8 Å². The second kappa shape index (κ2) is 8.17. The summed E-state index contributed by atoms with van der Waals surface area (Å²) in [5.41, 5.74) is 6.46. The number of aromatic nitrogens is 1. The minimum Gasteiger partial charge on any atom is -0.422 e. The summed E-state index contributed by atoms with van der Waals surface area (Å²) in [4.78, 5) is 12.9. The Labute approximate surface area is 213 Å². The van der Waals surface area contributed by atoms with Gasteiger partial charge >= 0.3 is 12.6 Å². The summed E-state index contributed by atoms with van der Waals surface area (Å²) in [7, 11) is 0. The van der Waals surface area contributed by atoms with Crippen LogP contribution in [0, 0.1) is 25.7 Å². The lowest BCUT2D eigenvalue weighted by molar-refractivity contribution is -0.363. The topological polar surface area (TPSA) is 38.1 Å². The molecule has 2 aromatic heterocycles. The zero-order chi connectivity index (χ0) is 26.1. The van der Waals surface area contributed by atoms with Crippen LogP contribution in [0.5, 0.6) is 0 Å². The predicted molar refractivity (Wildman–Crippen MR) is 145 cm³/mol. The molecule has 0 N–H and O–H groups in total. The zero-order valence-electron chi connectivity index (χ0n) is 21.2. The van der Waals surface area contributed by atoms with Crippen LogP contribution in [0.2, 0.25) is 0 Å². The molecule has 0 bridgehead atoms. The lowest BCUT2D eigenvalue weighted by Crippen LogP contribution is -2.51. The van der Waals surface area contributed by atoms with Gasteiger partial charge in [0.1, 0.15) is 11.3 Å². The van der Waals surface area contributed by atoms with Crippen LogP contribution in [0.1, 0.15) is 53.9 Å². The summed E-state index contributed by atoms with van der Waals surface area (Å²) < 4.78 is 39.5. The molecule has 3 aliphatic rings. The molecule has 2 aliphatic heterocycles. The summed E-state index contributed by atoms with van der Waals surface area (Å²) in [6, 6.07) is 7.43. The third kappa shape index (κ3) is 3.51. The van der Waals surface area contributed by atoms with E-state index in [0.717, 1.165) is 49.5 Å². The molecule has 7 heteroatoms. The highest BCUT2D eigenvalue weighted by atomic mass is 19.2. The molecule has 0 fully saturated rings. The lowest BCUT2D eigenvalue weighted by Gasteiger charge is -2.33.